The highest BCUT2D eigenvalue weighted by atomic mass is 35.5. The second-order valence-electron chi connectivity index (χ2n) is 6.75. The van der Waals surface area contributed by atoms with Crippen molar-refractivity contribution in [3.05, 3.63) is 99.0 Å². The molecule has 9 heteroatoms. The van der Waals surface area contributed by atoms with Gasteiger partial charge in [0.2, 0.25) is 15.9 Å². The summed E-state index contributed by atoms with van der Waals surface area (Å²) in [7, 11) is -4.12. The highest BCUT2D eigenvalue weighted by Gasteiger charge is 2.27. The average molecular weight is 498 g/mol. The van der Waals surface area contributed by atoms with Crippen LogP contribution in [0.3, 0.4) is 0 Å². The van der Waals surface area contributed by atoms with Gasteiger partial charge in [0.05, 0.1) is 5.02 Å². The normalized spacial score (nSPS) is 12.4. The van der Waals surface area contributed by atoms with Gasteiger partial charge in [-0.25, -0.2) is 8.42 Å². The van der Waals surface area contributed by atoms with Gasteiger partial charge in [-0.05, 0) is 41.8 Å². The van der Waals surface area contributed by atoms with Crippen LogP contribution >= 0.6 is 34.8 Å². The van der Waals surface area contributed by atoms with Gasteiger partial charge in [-0.1, -0.05) is 83.3 Å². The molecule has 0 saturated heterocycles. The van der Waals surface area contributed by atoms with Crippen LogP contribution in [0.2, 0.25) is 15.1 Å². The molecule has 0 aliphatic heterocycles. The number of halogens is 3. The molecule has 0 spiro atoms. The molecule has 0 unspecified atom stereocenters. The summed E-state index contributed by atoms with van der Waals surface area (Å²) >= 11 is 18.2. The van der Waals surface area contributed by atoms with Crippen LogP contribution in [-0.4, -0.2) is 20.4 Å². The molecule has 31 heavy (non-hydrogen) atoms. The lowest BCUT2D eigenvalue weighted by molar-refractivity contribution is -0.122. The first-order valence-electron chi connectivity index (χ1n) is 9.28. The summed E-state index contributed by atoms with van der Waals surface area (Å²) in [5, 5.41) is 3.48. The van der Waals surface area contributed by atoms with Crippen molar-refractivity contribution in [1.82, 2.24) is 10.0 Å². The van der Waals surface area contributed by atoms with E-state index in [-0.39, 0.29) is 27.9 Å². The van der Waals surface area contributed by atoms with Crippen LogP contribution in [0.5, 0.6) is 0 Å². The highest BCUT2D eigenvalue weighted by Crippen LogP contribution is 2.25. The number of carbonyl (C=O) groups is 1. The minimum absolute atomic E-state index is 0.00633. The van der Waals surface area contributed by atoms with E-state index in [1.807, 2.05) is 30.3 Å². The zero-order valence-electron chi connectivity index (χ0n) is 16.2. The van der Waals surface area contributed by atoms with E-state index in [9.17, 15) is 13.2 Å². The van der Waals surface area contributed by atoms with E-state index < -0.39 is 22.0 Å². The Morgan fingerprint density at radius 2 is 1.55 bits per heavy atom. The first-order chi connectivity index (χ1) is 14.8. The fraction of sp³-hybridized carbons (Fsp3) is 0.136. The Balaban J connectivity index is 1.84. The largest absolute Gasteiger partial charge is 0.351 e. The Labute approximate surface area is 196 Å². The van der Waals surface area contributed by atoms with Gasteiger partial charge in [0.25, 0.3) is 0 Å². The number of hydrogen-bond donors (Lipinski definition) is 2. The topological polar surface area (TPSA) is 75.3 Å². The summed E-state index contributed by atoms with van der Waals surface area (Å²) in [5.41, 5.74) is 1.51. The maximum Gasteiger partial charge on any atom is 0.242 e. The van der Waals surface area contributed by atoms with Gasteiger partial charge < -0.3 is 5.32 Å². The molecule has 0 aromatic heterocycles. The van der Waals surface area contributed by atoms with Gasteiger partial charge >= 0.3 is 0 Å². The molecule has 0 saturated carbocycles. The molecule has 1 atom stereocenters. The molecule has 162 valence electrons. The van der Waals surface area contributed by atoms with Crippen molar-refractivity contribution in [2.45, 2.75) is 23.9 Å². The van der Waals surface area contributed by atoms with Crippen LogP contribution in [0, 0.1) is 0 Å². The number of sulfonamides is 1. The predicted octanol–water partition coefficient (Wildman–Crippen LogP) is 4.85. The van der Waals surface area contributed by atoms with Crippen LogP contribution in [-0.2, 0) is 27.8 Å². The molecule has 2 N–H and O–H groups in total. The first kappa shape index (κ1) is 23.6. The van der Waals surface area contributed by atoms with Crippen molar-refractivity contribution >= 4 is 50.7 Å². The van der Waals surface area contributed by atoms with Crippen molar-refractivity contribution in [1.29, 1.82) is 0 Å². The van der Waals surface area contributed by atoms with Crippen LogP contribution < -0.4 is 10.0 Å². The number of nitrogens with one attached hydrogen (secondary N) is 2. The van der Waals surface area contributed by atoms with Crippen LogP contribution in [0.1, 0.15) is 11.1 Å². The maximum absolute atomic E-state index is 13.0. The van der Waals surface area contributed by atoms with E-state index >= 15 is 0 Å². The number of carbonyl (C=O) groups excluding carboxylic acids is 1. The van der Waals surface area contributed by atoms with Gasteiger partial charge in [0, 0.05) is 16.6 Å². The Morgan fingerprint density at radius 1 is 0.871 bits per heavy atom. The lowest BCUT2D eigenvalue weighted by Crippen LogP contribution is -2.47. The Kier molecular flexibility index (Phi) is 7.97. The molecule has 3 rings (SSSR count). The molecular weight excluding hydrogens is 479 g/mol. The number of hydrogen-bond acceptors (Lipinski definition) is 3. The molecular formula is C22H19Cl3N2O3S. The Bertz CT molecular complexity index is 1170. The molecule has 0 aliphatic carbocycles. The third-order valence-electron chi connectivity index (χ3n) is 4.49. The third-order valence-corrected chi connectivity index (χ3v) is 7.05. The summed E-state index contributed by atoms with van der Waals surface area (Å²) in [4.78, 5) is 12.8. The summed E-state index contributed by atoms with van der Waals surface area (Å²) in [6.07, 6.45) is 0.145. The van der Waals surface area contributed by atoms with Crippen molar-refractivity contribution in [2.24, 2.45) is 0 Å². The Morgan fingerprint density at radius 3 is 2.26 bits per heavy atom. The third kappa shape index (κ3) is 6.45. The maximum atomic E-state index is 13.0. The number of rotatable bonds is 8. The minimum atomic E-state index is -4.12. The van der Waals surface area contributed by atoms with Gasteiger partial charge in [-0.2, -0.15) is 4.72 Å². The van der Waals surface area contributed by atoms with E-state index in [4.69, 9.17) is 34.8 Å². The zero-order chi connectivity index (χ0) is 22.4. The minimum Gasteiger partial charge on any atom is -0.351 e. The monoisotopic (exact) mass is 496 g/mol. The van der Waals surface area contributed by atoms with Crippen molar-refractivity contribution in [3.63, 3.8) is 0 Å². The second kappa shape index (κ2) is 10.5. The quantitative estimate of drug-likeness (QED) is 0.467. The van der Waals surface area contributed by atoms with Crippen molar-refractivity contribution in [3.8, 4) is 0 Å². The summed E-state index contributed by atoms with van der Waals surface area (Å²) in [5.74, 6) is -0.495. The lowest BCUT2D eigenvalue weighted by Gasteiger charge is -2.19. The summed E-state index contributed by atoms with van der Waals surface area (Å²) < 4.78 is 28.4. The van der Waals surface area contributed by atoms with Gasteiger partial charge in [0.15, 0.2) is 0 Å². The molecule has 3 aromatic rings. The molecule has 5 nitrogen and oxygen atoms in total. The lowest BCUT2D eigenvalue weighted by atomic mass is 10.1. The van der Waals surface area contributed by atoms with Gasteiger partial charge in [-0.3, -0.25) is 4.79 Å². The smallest absolute Gasteiger partial charge is 0.242 e. The van der Waals surface area contributed by atoms with Crippen LogP contribution in [0.4, 0.5) is 0 Å². The molecule has 3 aromatic carbocycles. The van der Waals surface area contributed by atoms with Crippen molar-refractivity contribution < 1.29 is 13.2 Å². The van der Waals surface area contributed by atoms with Crippen LogP contribution in [0.25, 0.3) is 0 Å². The van der Waals surface area contributed by atoms with E-state index in [0.29, 0.717) is 5.02 Å². The molecule has 0 fully saturated rings. The van der Waals surface area contributed by atoms with E-state index in [2.05, 4.69) is 10.0 Å². The fourth-order valence-corrected chi connectivity index (χ4v) is 5.08. The predicted molar refractivity (Wildman–Crippen MR) is 124 cm³/mol. The standard InChI is InChI=1S/C22H19Cl3N2O3S/c23-17-10-11-19(25)21(13-17)31(29,30)27-20(12-15-6-2-1-3-7-15)22(28)26-14-16-8-4-5-9-18(16)24/h1-11,13,20,27H,12,14H2,(H,26,28)/t20-/m0/s1. The molecule has 1 amide bonds. The number of amides is 1. The van der Waals surface area contributed by atoms with Crippen LogP contribution in [0.15, 0.2) is 77.7 Å². The van der Waals surface area contributed by atoms with E-state index in [1.54, 1.807) is 24.3 Å². The molecule has 0 heterocycles. The molecule has 0 aliphatic rings. The number of benzene rings is 3. The fourth-order valence-electron chi connectivity index (χ4n) is 2.92. The van der Waals surface area contributed by atoms with Gasteiger partial charge in [0.1, 0.15) is 10.9 Å². The van der Waals surface area contributed by atoms with Gasteiger partial charge in [-0.15, -0.1) is 0 Å². The summed E-state index contributed by atoms with van der Waals surface area (Å²) in [6.45, 7) is 0.156. The Hall–Kier alpha value is -2.09. The SMILES string of the molecule is O=C(NCc1ccccc1Cl)[C@H](Cc1ccccc1)NS(=O)(=O)c1cc(Cl)ccc1Cl. The molecule has 0 radical (unpaired) electrons. The summed E-state index contributed by atoms with van der Waals surface area (Å²) in [6, 6.07) is 19.2. The highest BCUT2D eigenvalue weighted by molar-refractivity contribution is 7.89. The van der Waals surface area contributed by atoms with E-state index in [1.165, 1.54) is 18.2 Å². The molecule has 0 bridgehead atoms. The zero-order valence-corrected chi connectivity index (χ0v) is 19.3. The second-order valence-corrected chi connectivity index (χ2v) is 9.68. The van der Waals surface area contributed by atoms with Crippen molar-refractivity contribution in [2.75, 3.05) is 0 Å². The first-order valence-corrected chi connectivity index (χ1v) is 11.9. The average Bonchev–Trinajstić information content (AvgIpc) is 2.74. The van der Waals surface area contributed by atoms with E-state index in [0.717, 1.165) is 11.1 Å².